The van der Waals surface area contributed by atoms with Gasteiger partial charge in [-0.3, -0.25) is 0 Å². The quantitative estimate of drug-likeness (QED) is 0.779. The van der Waals surface area contributed by atoms with E-state index in [1.54, 1.807) is 0 Å². The van der Waals surface area contributed by atoms with Crippen LogP contribution in [-0.2, 0) is 0 Å². The highest BCUT2D eigenvalue weighted by Gasteiger charge is 2.37. The Kier molecular flexibility index (Phi) is 6.49. The lowest BCUT2D eigenvalue weighted by Crippen LogP contribution is -2.44. The van der Waals surface area contributed by atoms with Gasteiger partial charge >= 0.3 is 0 Å². The van der Waals surface area contributed by atoms with E-state index in [1.807, 2.05) is 11.8 Å². The summed E-state index contributed by atoms with van der Waals surface area (Å²) >= 11 is 1.97. The van der Waals surface area contributed by atoms with Crippen molar-refractivity contribution in [1.82, 2.24) is 5.32 Å². The van der Waals surface area contributed by atoms with Gasteiger partial charge in [0.2, 0.25) is 0 Å². The molecule has 1 fully saturated rings. The third-order valence-electron chi connectivity index (χ3n) is 4.84. The SMILES string of the molecule is CCC(C)(C)C1CCC(NC)C(SC(C)CO)C1. The molecule has 0 aliphatic heterocycles. The molecule has 0 aromatic rings. The minimum Gasteiger partial charge on any atom is -0.395 e. The zero-order chi connectivity index (χ0) is 13.8. The molecule has 0 heterocycles. The van der Waals surface area contributed by atoms with Crippen molar-refractivity contribution in [2.75, 3.05) is 13.7 Å². The standard InChI is InChI=1S/C15H31NOS/c1-6-15(3,4)12-7-8-13(16-5)14(9-12)18-11(2)10-17/h11-14,16-17H,6-10H2,1-5H3. The molecular weight excluding hydrogens is 242 g/mol. The third-order valence-corrected chi connectivity index (χ3v) is 6.33. The van der Waals surface area contributed by atoms with Crippen LogP contribution in [0.15, 0.2) is 0 Å². The first-order valence-electron chi connectivity index (χ1n) is 7.38. The van der Waals surface area contributed by atoms with Crippen molar-refractivity contribution in [2.45, 2.75) is 69.9 Å². The molecule has 0 radical (unpaired) electrons. The van der Waals surface area contributed by atoms with Crippen LogP contribution in [0.3, 0.4) is 0 Å². The van der Waals surface area contributed by atoms with Crippen LogP contribution in [0.2, 0.25) is 0 Å². The van der Waals surface area contributed by atoms with Crippen molar-refractivity contribution >= 4 is 11.8 Å². The average Bonchev–Trinajstić information content (AvgIpc) is 2.38. The molecule has 4 unspecified atom stereocenters. The summed E-state index contributed by atoms with van der Waals surface area (Å²) in [4.78, 5) is 0. The van der Waals surface area contributed by atoms with Gasteiger partial charge in [-0.15, -0.1) is 0 Å². The van der Waals surface area contributed by atoms with Crippen molar-refractivity contribution in [3.63, 3.8) is 0 Å². The fourth-order valence-corrected chi connectivity index (χ4v) is 4.44. The topological polar surface area (TPSA) is 32.3 Å². The molecule has 4 atom stereocenters. The maximum absolute atomic E-state index is 9.26. The van der Waals surface area contributed by atoms with Gasteiger partial charge in [0.15, 0.2) is 0 Å². The Morgan fingerprint density at radius 1 is 1.39 bits per heavy atom. The fraction of sp³-hybridized carbons (Fsp3) is 1.00. The molecule has 18 heavy (non-hydrogen) atoms. The normalized spacial score (nSPS) is 31.3. The molecule has 2 nitrogen and oxygen atoms in total. The van der Waals surface area contributed by atoms with E-state index in [2.05, 4.69) is 40.1 Å². The Labute approximate surface area is 117 Å². The van der Waals surface area contributed by atoms with E-state index in [9.17, 15) is 5.11 Å². The van der Waals surface area contributed by atoms with Crippen molar-refractivity contribution < 1.29 is 5.11 Å². The van der Waals surface area contributed by atoms with Crippen LogP contribution in [-0.4, -0.2) is 35.3 Å². The van der Waals surface area contributed by atoms with Gasteiger partial charge in [-0.1, -0.05) is 34.1 Å². The molecule has 1 aliphatic rings. The van der Waals surface area contributed by atoms with E-state index in [0.29, 0.717) is 28.6 Å². The van der Waals surface area contributed by atoms with Crippen LogP contribution in [0.4, 0.5) is 0 Å². The number of hydrogen-bond donors (Lipinski definition) is 2. The Bertz CT molecular complexity index is 245. The average molecular weight is 273 g/mol. The zero-order valence-electron chi connectivity index (χ0n) is 12.7. The number of rotatable bonds is 6. The third kappa shape index (κ3) is 4.14. The summed E-state index contributed by atoms with van der Waals surface area (Å²) in [5.74, 6) is 0.829. The molecule has 0 bridgehead atoms. The first-order valence-corrected chi connectivity index (χ1v) is 8.32. The van der Waals surface area contributed by atoms with E-state index in [4.69, 9.17) is 0 Å². The molecule has 1 rings (SSSR count). The second-order valence-electron chi connectivity index (χ2n) is 6.42. The molecule has 0 saturated heterocycles. The molecule has 2 N–H and O–H groups in total. The Hall–Kier alpha value is 0.270. The lowest BCUT2D eigenvalue weighted by Gasteiger charge is -2.43. The maximum atomic E-state index is 9.26. The summed E-state index contributed by atoms with van der Waals surface area (Å²) in [5.41, 5.74) is 0.458. The highest BCUT2D eigenvalue weighted by molar-refractivity contribution is 8.00. The monoisotopic (exact) mass is 273 g/mol. The van der Waals surface area contributed by atoms with Crippen LogP contribution in [0.1, 0.15) is 53.4 Å². The van der Waals surface area contributed by atoms with E-state index in [-0.39, 0.29) is 0 Å². The van der Waals surface area contributed by atoms with Crippen molar-refractivity contribution in [3.05, 3.63) is 0 Å². The van der Waals surface area contributed by atoms with Crippen LogP contribution >= 0.6 is 11.8 Å². The lowest BCUT2D eigenvalue weighted by molar-refractivity contribution is 0.142. The summed E-state index contributed by atoms with van der Waals surface area (Å²) in [6.45, 7) is 9.55. The highest BCUT2D eigenvalue weighted by Crippen LogP contribution is 2.44. The largest absolute Gasteiger partial charge is 0.395 e. The van der Waals surface area contributed by atoms with Crippen LogP contribution in [0.5, 0.6) is 0 Å². The molecule has 0 spiro atoms. The van der Waals surface area contributed by atoms with Gasteiger partial charge < -0.3 is 10.4 Å². The minimum absolute atomic E-state index is 0.291. The predicted molar refractivity (Wildman–Crippen MR) is 82.2 cm³/mol. The molecule has 1 saturated carbocycles. The number of aliphatic hydroxyl groups is 1. The number of nitrogens with one attached hydrogen (secondary N) is 1. The summed E-state index contributed by atoms with van der Waals surface area (Å²) in [7, 11) is 2.08. The maximum Gasteiger partial charge on any atom is 0.0547 e. The molecular formula is C15H31NOS. The molecule has 0 aromatic heterocycles. The van der Waals surface area contributed by atoms with Gasteiger partial charge in [0.1, 0.15) is 0 Å². The van der Waals surface area contributed by atoms with Crippen LogP contribution in [0.25, 0.3) is 0 Å². The highest BCUT2D eigenvalue weighted by atomic mass is 32.2. The molecule has 1 aliphatic carbocycles. The van der Waals surface area contributed by atoms with Crippen LogP contribution in [0, 0.1) is 11.3 Å². The Morgan fingerprint density at radius 2 is 2.06 bits per heavy atom. The first kappa shape index (κ1) is 16.3. The Morgan fingerprint density at radius 3 is 2.56 bits per heavy atom. The second kappa shape index (κ2) is 7.16. The van der Waals surface area contributed by atoms with Gasteiger partial charge in [-0.25, -0.2) is 0 Å². The molecule has 0 amide bonds. The number of thioether (sulfide) groups is 1. The number of aliphatic hydroxyl groups excluding tert-OH is 1. The van der Waals surface area contributed by atoms with E-state index in [0.717, 1.165) is 5.92 Å². The summed E-state index contributed by atoms with van der Waals surface area (Å²) in [5, 5.41) is 13.7. The van der Waals surface area contributed by atoms with Gasteiger partial charge in [0, 0.05) is 16.5 Å². The smallest absolute Gasteiger partial charge is 0.0547 e. The first-order chi connectivity index (χ1) is 8.44. The fourth-order valence-electron chi connectivity index (χ4n) is 2.95. The van der Waals surface area contributed by atoms with Crippen molar-refractivity contribution in [3.8, 4) is 0 Å². The lowest BCUT2D eigenvalue weighted by atomic mass is 9.68. The van der Waals surface area contributed by atoms with E-state index >= 15 is 0 Å². The minimum atomic E-state index is 0.291. The molecule has 3 heteroatoms. The molecule has 0 aromatic carbocycles. The Balaban J connectivity index is 2.65. The van der Waals surface area contributed by atoms with Crippen molar-refractivity contribution in [2.24, 2.45) is 11.3 Å². The van der Waals surface area contributed by atoms with E-state index in [1.165, 1.54) is 25.7 Å². The summed E-state index contributed by atoms with van der Waals surface area (Å²) in [6.07, 6.45) is 5.17. The second-order valence-corrected chi connectivity index (χ2v) is 8.10. The van der Waals surface area contributed by atoms with Gasteiger partial charge in [-0.2, -0.15) is 11.8 Å². The molecule has 108 valence electrons. The number of hydrogen-bond acceptors (Lipinski definition) is 3. The van der Waals surface area contributed by atoms with Crippen LogP contribution < -0.4 is 5.32 Å². The summed E-state index contributed by atoms with van der Waals surface area (Å²) in [6, 6.07) is 0.618. The van der Waals surface area contributed by atoms with Gasteiger partial charge in [-0.05, 0) is 37.6 Å². The van der Waals surface area contributed by atoms with Gasteiger partial charge in [0.25, 0.3) is 0 Å². The van der Waals surface area contributed by atoms with Crippen molar-refractivity contribution in [1.29, 1.82) is 0 Å². The zero-order valence-corrected chi connectivity index (χ0v) is 13.5. The summed E-state index contributed by atoms with van der Waals surface area (Å²) < 4.78 is 0. The van der Waals surface area contributed by atoms with Gasteiger partial charge in [0.05, 0.1) is 6.61 Å². The van der Waals surface area contributed by atoms with E-state index < -0.39 is 0 Å². The predicted octanol–water partition coefficient (Wildman–Crippen LogP) is 3.29.